The molecule has 0 atom stereocenters. The smallest absolute Gasteiger partial charge is 0.389 e. The molecule has 17 heavy (non-hydrogen) atoms. The first-order valence-corrected chi connectivity index (χ1v) is 5.56. The Kier molecular flexibility index (Phi) is 5.50. The van der Waals surface area contributed by atoms with Crippen LogP contribution in [-0.4, -0.2) is 12.7 Å². The Morgan fingerprint density at radius 1 is 1.18 bits per heavy atom. The zero-order valence-corrected chi connectivity index (χ0v) is 9.52. The molecule has 3 nitrogen and oxygen atoms in total. The van der Waals surface area contributed by atoms with Crippen LogP contribution in [0.25, 0.3) is 0 Å². The molecule has 0 aliphatic rings. The molecule has 1 heterocycles. The second-order valence-electron chi connectivity index (χ2n) is 3.82. The SMILES string of the molecule is NCc1ccc(CNCCCCC(F)(F)F)o1. The van der Waals surface area contributed by atoms with E-state index in [1.54, 1.807) is 6.07 Å². The van der Waals surface area contributed by atoms with Crippen LogP contribution in [0.3, 0.4) is 0 Å². The summed E-state index contributed by atoms with van der Waals surface area (Å²) in [4.78, 5) is 0. The van der Waals surface area contributed by atoms with Gasteiger partial charge in [-0.25, -0.2) is 0 Å². The minimum Gasteiger partial charge on any atom is -0.463 e. The Hall–Kier alpha value is -1.01. The summed E-state index contributed by atoms with van der Waals surface area (Å²) in [5, 5.41) is 3.02. The summed E-state index contributed by atoms with van der Waals surface area (Å²) in [6.45, 7) is 1.42. The fraction of sp³-hybridized carbons (Fsp3) is 0.636. The molecule has 0 aliphatic heterocycles. The third-order valence-corrected chi connectivity index (χ3v) is 2.28. The maximum Gasteiger partial charge on any atom is 0.389 e. The first kappa shape index (κ1) is 14.1. The minimum atomic E-state index is -4.04. The number of nitrogens with two attached hydrogens (primary N) is 1. The summed E-state index contributed by atoms with van der Waals surface area (Å²) in [5.41, 5.74) is 5.38. The second kappa shape index (κ2) is 6.66. The standard InChI is InChI=1S/C11H17F3N2O/c12-11(13,14)5-1-2-6-16-8-10-4-3-9(7-15)17-10/h3-4,16H,1-2,5-8,15H2. The lowest BCUT2D eigenvalue weighted by Crippen LogP contribution is -2.15. The van der Waals surface area contributed by atoms with Gasteiger partial charge in [-0.15, -0.1) is 0 Å². The van der Waals surface area contributed by atoms with Crippen molar-refractivity contribution in [2.45, 2.75) is 38.5 Å². The van der Waals surface area contributed by atoms with Gasteiger partial charge >= 0.3 is 6.18 Å². The van der Waals surface area contributed by atoms with Crippen molar-refractivity contribution < 1.29 is 17.6 Å². The molecule has 0 fully saturated rings. The van der Waals surface area contributed by atoms with Gasteiger partial charge in [0.05, 0.1) is 13.1 Å². The number of hydrogen-bond donors (Lipinski definition) is 2. The third kappa shape index (κ3) is 6.33. The maximum atomic E-state index is 11.8. The van der Waals surface area contributed by atoms with Crippen LogP contribution in [0.15, 0.2) is 16.5 Å². The number of unbranched alkanes of at least 4 members (excludes halogenated alkanes) is 1. The number of furan rings is 1. The molecular weight excluding hydrogens is 233 g/mol. The van der Waals surface area contributed by atoms with E-state index >= 15 is 0 Å². The highest BCUT2D eigenvalue weighted by atomic mass is 19.4. The summed E-state index contributed by atoms with van der Waals surface area (Å²) in [6.07, 6.45) is -4.10. The molecule has 0 bridgehead atoms. The Morgan fingerprint density at radius 3 is 2.47 bits per heavy atom. The average Bonchev–Trinajstić information content (AvgIpc) is 2.69. The fourth-order valence-corrected chi connectivity index (χ4v) is 1.41. The van der Waals surface area contributed by atoms with Crippen molar-refractivity contribution in [2.24, 2.45) is 5.73 Å². The molecule has 0 radical (unpaired) electrons. The second-order valence-corrected chi connectivity index (χ2v) is 3.82. The predicted octanol–water partition coefficient (Wildman–Crippen LogP) is 2.56. The summed E-state index contributed by atoms with van der Waals surface area (Å²) in [6, 6.07) is 3.60. The van der Waals surface area contributed by atoms with Crippen molar-refractivity contribution in [1.29, 1.82) is 0 Å². The lowest BCUT2D eigenvalue weighted by atomic mass is 10.2. The van der Waals surface area contributed by atoms with Gasteiger partial charge in [-0.05, 0) is 31.5 Å². The van der Waals surface area contributed by atoms with Crippen LogP contribution in [0.4, 0.5) is 13.2 Å². The van der Waals surface area contributed by atoms with E-state index in [1.807, 2.05) is 6.07 Å². The quantitative estimate of drug-likeness (QED) is 0.731. The van der Waals surface area contributed by atoms with Crippen molar-refractivity contribution in [1.82, 2.24) is 5.32 Å². The predicted molar refractivity (Wildman–Crippen MR) is 58.2 cm³/mol. The Balaban J connectivity index is 2.04. The molecule has 98 valence electrons. The van der Waals surface area contributed by atoms with Crippen molar-refractivity contribution >= 4 is 0 Å². The first-order chi connectivity index (χ1) is 8.01. The van der Waals surface area contributed by atoms with Crippen molar-refractivity contribution in [3.8, 4) is 0 Å². The van der Waals surface area contributed by atoms with Gasteiger partial charge < -0.3 is 15.5 Å². The molecule has 1 rings (SSSR count). The average molecular weight is 250 g/mol. The van der Waals surface area contributed by atoms with E-state index in [0.717, 1.165) is 5.76 Å². The van der Waals surface area contributed by atoms with Gasteiger partial charge in [-0.1, -0.05) is 0 Å². The highest BCUT2D eigenvalue weighted by Gasteiger charge is 2.25. The molecular formula is C11H17F3N2O. The largest absolute Gasteiger partial charge is 0.463 e. The molecule has 0 unspecified atom stereocenters. The van der Waals surface area contributed by atoms with Gasteiger partial charge in [-0.3, -0.25) is 0 Å². The molecule has 1 aromatic heterocycles. The van der Waals surface area contributed by atoms with E-state index in [4.69, 9.17) is 10.2 Å². The monoisotopic (exact) mass is 250 g/mol. The zero-order chi connectivity index (χ0) is 12.7. The zero-order valence-electron chi connectivity index (χ0n) is 9.52. The lowest BCUT2D eigenvalue weighted by molar-refractivity contribution is -0.135. The Morgan fingerprint density at radius 2 is 1.88 bits per heavy atom. The summed E-state index contributed by atoms with van der Waals surface area (Å²) in [7, 11) is 0. The number of alkyl halides is 3. The maximum absolute atomic E-state index is 11.8. The van der Waals surface area contributed by atoms with E-state index in [2.05, 4.69) is 5.32 Å². The van der Waals surface area contributed by atoms with E-state index in [9.17, 15) is 13.2 Å². The number of hydrogen-bond acceptors (Lipinski definition) is 3. The molecule has 0 amide bonds. The van der Waals surface area contributed by atoms with Crippen molar-refractivity contribution in [3.05, 3.63) is 23.7 Å². The highest BCUT2D eigenvalue weighted by molar-refractivity contribution is 5.06. The summed E-state index contributed by atoms with van der Waals surface area (Å²) < 4.78 is 40.8. The Bertz CT molecular complexity index is 323. The van der Waals surface area contributed by atoms with Crippen LogP contribution >= 0.6 is 0 Å². The van der Waals surface area contributed by atoms with Crippen LogP contribution < -0.4 is 11.1 Å². The number of rotatable bonds is 7. The molecule has 0 aromatic carbocycles. The molecule has 3 N–H and O–H groups in total. The van der Waals surface area contributed by atoms with Crippen molar-refractivity contribution in [2.75, 3.05) is 6.54 Å². The molecule has 0 saturated carbocycles. The van der Waals surface area contributed by atoms with E-state index in [1.165, 1.54) is 0 Å². The van der Waals surface area contributed by atoms with Gasteiger partial charge in [-0.2, -0.15) is 13.2 Å². The van der Waals surface area contributed by atoms with Crippen molar-refractivity contribution in [3.63, 3.8) is 0 Å². The van der Waals surface area contributed by atoms with Gasteiger partial charge in [0.25, 0.3) is 0 Å². The van der Waals surface area contributed by atoms with E-state index in [-0.39, 0.29) is 6.42 Å². The minimum absolute atomic E-state index is 0.155. The normalized spacial score (nSPS) is 12.0. The molecule has 0 aliphatic carbocycles. The highest BCUT2D eigenvalue weighted by Crippen LogP contribution is 2.21. The first-order valence-electron chi connectivity index (χ1n) is 5.56. The summed E-state index contributed by atoms with van der Waals surface area (Å²) >= 11 is 0. The molecule has 0 saturated heterocycles. The van der Waals surface area contributed by atoms with Crippen LogP contribution in [-0.2, 0) is 13.1 Å². The van der Waals surface area contributed by atoms with E-state index < -0.39 is 12.6 Å². The van der Waals surface area contributed by atoms with Crippen LogP contribution in [0, 0.1) is 0 Å². The van der Waals surface area contributed by atoms with Gasteiger partial charge in [0.15, 0.2) is 0 Å². The van der Waals surface area contributed by atoms with Gasteiger partial charge in [0.1, 0.15) is 11.5 Å². The fourth-order valence-electron chi connectivity index (χ4n) is 1.41. The van der Waals surface area contributed by atoms with Crippen LogP contribution in [0.2, 0.25) is 0 Å². The third-order valence-electron chi connectivity index (χ3n) is 2.28. The Labute approximate surface area is 98.2 Å². The summed E-state index contributed by atoms with van der Waals surface area (Å²) in [5.74, 6) is 1.46. The van der Waals surface area contributed by atoms with Gasteiger partial charge in [0.2, 0.25) is 0 Å². The number of halogens is 3. The van der Waals surface area contributed by atoms with Crippen LogP contribution in [0.5, 0.6) is 0 Å². The number of nitrogens with one attached hydrogen (secondary N) is 1. The molecule has 1 aromatic rings. The van der Waals surface area contributed by atoms with Gasteiger partial charge in [0, 0.05) is 6.42 Å². The lowest BCUT2D eigenvalue weighted by Gasteiger charge is -2.06. The molecule has 6 heteroatoms. The molecule has 0 spiro atoms. The topological polar surface area (TPSA) is 51.2 Å². The van der Waals surface area contributed by atoms with E-state index in [0.29, 0.717) is 31.8 Å². The van der Waals surface area contributed by atoms with Crippen LogP contribution in [0.1, 0.15) is 30.8 Å².